The first-order chi connectivity index (χ1) is 8.15. The molecule has 0 atom stereocenters. The van der Waals surface area contributed by atoms with Crippen molar-refractivity contribution in [1.29, 1.82) is 0 Å². The molecule has 0 N–H and O–H groups in total. The standard InChI is InChI=1S/C13H11F3O/c1-2-7-17-10-6-4-8-3-5-9(14)12(15)11(8)13(10)16/h3-6H,2,7H2,1H3. The summed E-state index contributed by atoms with van der Waals surface area (Å²) in [6, 6.07) is 5.24. The Morgan fingerprint density at radius 1 is 1.00 bits per heavy atom. The van der Waals surface area contributed by atoms with Gasteiger partial charge in [0.2, 0.25) is 0 Å². The van der Waals surface area contributed by atoms with Crippen molar-refractivity contribution in [3.8, 4) is 5.75 Å². The summed E-state index contributed by atoms with van der Waals surface area (Å²) in [5.41, 5.74) is 0. The van der Waals surface area contributed by atoms with E-state index in [1.807, 2.05) is 6.92 Å². The first kappa shape index (κ1) is 11.8. The van der Waals surface area contributed by atoms with Gasteiger partial charge in [-0.2, -0.15) is 0 Å². The summed E-state index contributed by atoms with van der Waals surface area (Å²) in [5.74, 6) is -3.15. The number of ether oxygens (including phenoxy) is 1. The van der Waals surface area contributed by atoms with Crippen molar-refractivity contribution in [3.05, 3.63) is 41.7 Å². The Kier molecular flexibility index (Phi) is 3.22. The minimum Gasteiger partial charge on any atom is -0.491 e. The summed E-state index contributed by atoms with van der Waals surface area (Å²) >= 11 is 0. The maximum absolute atomic E-state index is 13.9. The lowest BCUT2D eigenvalue weighted by Crippen LogP contribution is -1.99. The molecule has 90 valence electrons. The Bertz CT molecular complexity index is 552. The van der Waals surface area contributed by atoms with E-state index in [9.17, 15) is 13.2 Å². The Morgan fingerprint density at radius 3 is 2.41 bits per heavy atom. The van der Waals surface area contributed by atoms with Gasteiger partial charge in [0.25, 0.3) is 0 Å². The Balaban J connectivity index is 2.61. The largest absolute Gasteiger partial charge is 0.491 e. The van der Waals surface area contributed by atoms with Crippen LogP contribution in [0.1, 0.15) is 13.3 Å². The summed E-state index contributed by atoms with van der Waals surface area (Å²) in [6.45, 7) is 2.21. The highest BCUT2D eigenvalue weighted by atomic mass is 19.2. The predicted octanol–water partition coefficient (Wildman–Crippen LogP) is 4.05. The van der Waals surface area contributed by atoms with E-state index in [1.54, 1.807) is 0 Å². The third kappa shape index (κ3) is 2.07. The summed E-state index contributed by atoms with van der Waals surface area (Å²) in [4.78, 5) is 0. The van der Waals surface area contributed by atoms with Crippen molar-refractivity contribution in [3.63, 3.8) is 0 Å². The fourth-order valence-electron chi connectivity index (χ4n) is 1.61. The number of fused-ring (bicyclic) bond motifs is 1. The van der Waals surface area contributed by atoms with Crippen LogP contribution < -0.4 is 4.74 Å². The van der Waals surface area contributed by atoms with Crippen LogP contribution in [0, 0.1) is 17.5 Å². The molecule has 0 unspecified atom stereocenters. The number of hydrogen-bond acceptors (Lipinski definition) is 1. The van der Waals surface area contributed by atoms with Crippen LogP contribution in [0.4, 0.5) is 13.2 Å². The Hall–Kier alpha value is -1.71. The third-order valence-corrected chi connectivity index (χ3v) is 2.44. The summed E-state index contributed by atoms with van der Waals surface area (Å²) in [5, 5.41) is -0.0520. The van der Waals surface area contributed by atoms with Gasteiger partial charge < -0.3 is 4.74 Å². The second-order valence-corrected chi connectivity index (χ2v) is 3.69. The maximum atomic E-state index is 13.9. The van der Waals surface area contributed by atoms with E-state index < -0.39 is 17.5 Å². The first-order valence-corrected chi connectivity index (χ1v) is 5.34. The van der Waals surface area contributed by atoms with Gasteiger partial charge in [0, 0.05) is 0 Å². The molecule has 0 fully saturated rings. The average molecular weight is 240 g/mol. The van der Waals surface area contributed by atoms with Crippen LogP contribution in [0.25, 0.3) is 10.8 Å². The van der Waals surface area contributed by atoms with E-state index in [0.29, 0.717) is 18.4 Å². The van der Waals surface area contributed by atoms with E-state index in [-0.39, 0.29) is 11.1 Å². The van der Waals surface area contributed by atoms with E-state index >= 15 is 0 Å². The predicted molar refractivity (Wildman–Crippen MR) is 59.6 cm³/mol. The minimum atomic E-state index is -1.18. The van der Waals surface area contributed by atoms with Gasteiger partial charge in [-0.25, -0.2) is 13.2 Å². The highest BCUT2D eigenvalue weighted by molar-refractivity contribution is 5.85. The lowest BCUT2D eigenvalue weighted by Gasteiger charge is -2.08. The third-order valence-electron chi connectivity index (χ3n) is 2.44. The molecule has 4 heteroatoms. The van der Waals surface area contributed by atoms with Crippen LogP contribution in [-0.2, 0) is 0 Å². The van der Waals surface area contributed by atoms with Gasteiger partial charge in [-0.05, 0) is 23.9 Å². The van der Waals surface area contributed by atoms with Crippen molar-refractivity contribution in [2.24, 2.45) is 0 Å². The fourth-order valence-corrected chi connectivity index (χ4v) is 1.61. The maximum Gasteiger partial charge on any atom is 0.175 e. The van der Waals surface area contributed by atoms with E-state index in [1.165, 1.54) is 18.2 Å². The van der Waals surface area contributed by atoms with Gasteiger partial charge in [-0.15, -0.1) is 0 Å². The molecule has 17 heavy (non-hydrogen) atoms. The summed E-state index contributed by atoms with van der Waals surface area (Å²) in [7, 11) is 0. The molecule has 0 aliphatic carbocycles. The van der Waals surface area contributed by atoms with Gasteiger partial charge in [-0.3, -0.25) is 0 Å². The highest BCUT2D eigenvalue weighted by Gasteiger charge is 2.15. The molecule has 0 radical (unpaired) electrons. The molecule has 0 spiro atoms. The van der Waals surface area contributed by atoms with Crippen LogP contribution in [0.5, 0.6) is 5.75 Å². The highest BCUT2D eigenvalue weighted by Crippen LogP contribution is 2.29. The average Bonchev–Trinajstić information content (AvgIpc) is 2.33. The zero-order valence-corrected chi connectivity index (χ0v) is 9.27. The molecule has 0 aliphatic rings. The number of hydrogen-bond donors (Lipinski definition) is 0. The quantitative estimate of drug-likeness (QED) is 0.786. The first-order valence-electron chi connectivity index (χ1n) is 5.34. The van der Waals surface area contributed by atoms with Gasteiger partial charge in [0.1, 0.15) is 0 Å². The normalized spacial score (nSPS) is 10.8. The molecule has 1 nitrogen and oxygen atoms in total. The van der Waals surface area contributed by atoms with Crippen LogP contribution in [-0.4, -0.2) is 6.61 Å². The van der Waals surface area contributed by atoms with Crippen LogP contribution in [0.3, 0.4) is 0 Å². The fraction of sp³-hybridized carbons (Fsp3) is 0.231. The summed E-state index contributed by atoms with van der Waals surface area (Å²) in [6.07, 6.45) is 0.711. The van der Waals surface area contributed by atoms with Crippen molar-refractivity contribution in [1.82, 2.24) is 0 Å². The molecule has 0 bridgehead atoms. The van der Waals surface area contributed by atoms with Gasteiger partial charge in [-0.1, -0.05) is 19.1 Å². The molecule has 2 aromatic rings. The van der Waals surface area contributed by atoms with Gasteiger partial charge in [0.05, 0.1) is 12.0 Å². The lowest BCUT2D eigenvalue weighted by molar-refractivity contribution is 0.302. The molecule has 0 saturated carbocycles. The molecule has 2 rings (SSSR count). The van der Waals surface area contributed by atoms with Crippen LogP contribution in [0.2, 0.25) is 0 Å². The number of halogens is 3. The molecular formula is C13H11F3O. The second kappa shape index (κ2) is 4.65. The number of rotatable bonds is 3. The molecule has 0 aromatic heterocycles. The Labute approximate surface area is 96.8 Å². The molecule has 0 saturated heterocycles. The van der Waals surface area contributed by atoms with Crippen molar-refractivity contribution in [2.45, 2.75) is 13.3 Å². The molecule has 0 aliphatic heterocycles. The van der Waals surface area contributed by atoms with E-state index in [4.69, 9.17) is 4.74 Å². The van der Waals surface area contributed by atoms with E-state index in [2.05, 4.69) is 0 Å². The minimum absolute atomic E-state index is 0.0520. The Morgan fingerprint density at radius 2 is 1.71 bits per heavy atom. The SMILES string of the molecule is CCCOc1ccc2ccc(F)c(F)c2c1F. The lowest BCUT2D eigenvalue weighted by atomic mass is 10.1. The molecular weight excluding hydrogens is 229 g/mol. The second-order valence-electron chi connectivity index (χ2n) is 3.69. The van der Waals surface area contributed by atoms with Crippen LogP contribution >= 0.6 is 0 Å². The molecule has 0 amide bonds. The van der Waals surface area contributed by atoms with Crippen molar-refractivity contribution < 1.29 is 17.9 Å². The van der Waals surface area contributed by atoms with Crippen LogP contribution in [0.15, 0.2) is 24.3 Å². The van der Waals surface area contributed by atoms with Crippen molar-refractivity contribution >= 4 is 10.8 Å². The topological polar surface area (TPSA) is 9.23 Å². The summed E-state index contributed by atoms with van der Waals surface area (Å²) < 4.78 is 45.5. The monoisotopic (exact) mass is 240 g/mol. The van der Waals surface area contributed by atoms with Gasteiger partial charge >= 0.3 is 0 Å². The van der Waals surface area contributed by atoms with E-state index in [0.717, 1.165) is 6.07 Å². The molecule has 0 heterocycles. The zero-order valence-electron chi connectivity index (χ0n) is 9.27. The zero-order chi connectivity index (χ0) is 12.4. The van der Waals surface area contributed by atoms with Crippen molar-refractivity contribution in [2.75, 3.05) is 6.61 Å². The number of benzene rings is 2. The smallest absolute Gasteiger partial charge is 0.175 e. The van der Waals surface area contributed by atoms with Gasteiger partial charge in [0.15, 0.2) is 23.2 Å². The molecule has 2 aromatic carbocycles.